The first kappa shape index (κ1) is 24.8. The molecule has 0 radical (unpaired) electrons. The predicted molar refractivity (Wildman–Crippen MR) is 141 cm³/mol. The fourth-order valence-electron chi connectivity index (χ4n) is 3.53. The van der Waals surface area contributed by atoms with E-state index in [1.54, 1.807) is 24.4 Å². The van der Waals surface area contributed by atoms with Crippen molar-refractivity contribution in [2.24, 2.45) is 0 Å². The largest absolute Gasteiger partial charge is 0.397 e. The van der Waals surface area contributed by atoms with Crippen molar-refractivity contribution in [1.29, 1.82) is 0 Å². The molecule has 0 aliphatic heterocycles. The molecule has 7 heteroatoms. The van der Waals surface area contributed by atoms with E-state index in [4.69, 9.17) is 5.73 Å². The number of benzene rings is 2. The van der Waals surface area contributed by atoms with Gasteiger partial charge in [0.1, 0.15) is 5.69 Å². The van der Waals surface area contributed by atoms with Gasteiger partial charge in [0, 0.05) is 25.0 Å². The third-order valence-electron chi connectivity index (χ3n) is 5.36. The number of pyridine rings is 1. The lowest BCUT2D eigenvalue weighted by Gasteiger charge is -2.28. The Morgan fingerprint density at radius 2 is 1.82 bits per heavy atom. The summed E-state index contributed by atoms with van der Waals surface area (Å²) >= 11 is 0. The van der Waals surface area contributed by atoms with Crippen molar-refractivity contribution in [2.45, 2.75) is 19.9 Å². The number of carbonyl (C=O) groups excluding carboxylic acids is 1. The Kier molecular flexibility index (Phi) is 8.65. The van der Waals surface area contributed by atoms with E-state index in [0.29, 0.717) is 23.6 Å². The van der Waals surface area contributed by atoms with Crippen LogP contribution in [0.25, 0.3) is 0 Å². The van der Waals surface area contributed by atoms with Gasteiger partial charge in [-0.3, -0.25) is 9.78 Å². The van der Waals surface area contributed by atoms with Crippen molar-refractivity contribution < 1.29 is 4.79 Å². The smallest absolute Gasteiger partial charge is 0.274 e. The van der Waals surface area contributed by atoms with Crippen LogP contribution in [-0.2, 0) is 6.54 Å². The second-order valence-electron chi connectivity index (χ2n) is 8.61. The lowest BCUT2D eigenvalue weighted by atomic mass is 10.2. The Labute approximate surface area is 202 Å². The van der Waals surface area contributed by atoms with Crippen LogP contribution >= 0.6 is 0 Å². The third-order valence-corrected chi connectivity index (χ3v) is 5.36. The molecule has 7 nitrogen and oxygen atoms in total. The number of nitrogens with one attached hydrogen (secondary N) is 2. The number of hydrogen-bond acceptors (Lipinski definition) is 6. The van der Waals surface area contributed by atoms with Crippen LogP contribution in [0.4, 0.5) is 17.1 Å². The molecule has 0 bridgehead atoms. The Balaban J connectivity index is 1.67. The number of aromatic nitrogens is 1. The van der Waals surface area contributed by atoms with E-state index in [9.17, 15) is 4.79 Å². The Morgan fingerprint density at radius 1 is 1.03 bits per heavy atom. The van der Waals surface area contributed by atoms with E-state index in [0.717, 1.165) is 36.6 Å². The topological polar surface area (TPSA) is 86.5 Å². The zero-order valence-electron chi connectivity index (χ0n) is 20.2. The van der Waals surface area contributed by atoms with Crippen molar-refractivity contribution >= 4 is 23.0 Å². The molecule has 0 unspecified atom stereocenters. The van der Waals surface area contributed by atoms with Crippen LogP contribution in [-0.4, -0.2) is 47.9 Å². The predicted octanol–water partition coefficient (Wildman–Crippen LogP) is 4.56. The highest BCUT2D eigenvalue weighted by Crippen LogP contribution is 2.19. The zero-order chi connectivity index (χ0) is 24.5. The zero-order valence-corrected chi connectivity index (χ0v) is 20.2. The molecule has 0 saturated carbocycles. The molecule has 0 saturated heterocycles. The first-order valence-corrected chi connectivity index (χ1v) is 11.3. The minimum absolute atomic E-state index is 0.294. The molecule has 0 spiro atoms. The van der Waals surface area contributed by atoms with Crippen LogP contribution < -0.4 is 16.4 Å². The first-order chi connectivity index (χ1) is 16.3. The Morgan fingerprint density at radius 3 is 2.50 bits per heavy atom. The molecular formula is C27H34N6O. The van der Waals surface area contributed by atoms with E-state index < -0.39 is 0 Å². The number of nitrogen functional groups attached to an aromatic ring is 1. The average Bonchev–Trinajstić information content (AvgIpc) is 2.80. The number of amides is 1. The Hall–Kier alpha value is -3.84. The highest BCUT2D eigenvalue weighted by molar-refractivity contribution is 6.04. The van der Waals surface area contributed by atoms with Gasteiger partial charge in [0.25, 0.3) is 5.91 Å². The monoisotopic (exact) mass is 458 g/mol. The van der Waals surface area contributed by atoms with Gasteiger partial charge in [0.2, 0.25) is 0 Å². The van der Waals surface area contributed by atoms with Gasteiger partial charge in [-0.1, -0.05) is 36.9 Å². The number of nitrogens with two attached hydrogens (primary N) is 1. The molecule has 1 aromatic heterocycles. The summed E-state index contributed by atoms with van der Waals surface area (Å²) in [5.41, 5.74) is 10.5. The number of hydrogen-bond donors (Lipinski definition) is 3. The first-order valence-electron chi connectivity index (χ1n) is 11.3. The van der Waals surface area contributed by atoms with Gasteiger partial charge in [0.05, 0.1) is 17.2 Å². The van der Waals surface area contributed by atoms with Gasteiger partial charge in [-0.15, -0.1) is 0 Å². The average molecular weight is 459 g/mol. The summed E-state index contributed by atoms with van der Waals surface area (Å²) in [6.07, 6.45) is 2.73. The second kappa shape index (κ2) is 11.9. The lowest BCUT2D eigenvalue weighted by Crippen LogP contribution is -2.29. The van der Waals surface area contributed by atoms with Crippen molar-refractivity contribution in [1.82, 2.24) is 14.8 Å². The van der Waals surface area contributed by atoms with Crippen molar-refractivity contribution in [3.8, 4) is 0 Å². The molecular weight excluding hydrogens is 424 g/mol. The fourth-order valence-corrected chi connectivity index (χ4v) is 3.53. The quantitative estimate of drug-likeness (QED) is 0.365. The van der Waals surface area contributed by atoms with Gasteiger partial charge in [-0.05, 0) is 75.4 Å². The summed E-state index contributed by atoms with van der Waals surface area (Å²) in [7, 11) is 4.14. The number of anilines is 3. The van der Waals surface area contributed by atoms with E-state index in [1.807, 2.05) is 30.3 Å². The van der Waals surface area contributed by atoms with E-state index in [1.165, 1.54) is 5.56 Å². The number of para-hydroxylation sites is 2. The van der Waals surface area contributed by atoms with Crippen LogP contribution in [0.1, 0.15) is 28.0 Å². The molecule has 0 atom stereocenters. The van der Waals surface area contributed by atoms with Gasteiger partial charge in [0.15, 0.2) is 0 Å². The SMILES string of the molecule is C=C(Nc1cccc(C)c1)N(CCCN(C)C)Cc1ccc(C(=O)Nc2ccccc2N)nc1. The summed E-state index contributed by atoms with van der Waals surface area (Å²) in [5, 5.41) is 6.23. The maximum Gasteiger partial charge on any atom is 0.274 e. The highest BCUT2D eigenvalue weighted by atomic mass is 16.1. The van der Waals surface area contributed by atoms with Crippen LogP contribution in [0.3, 0.4) is 0 Å². The summed E-state index contributed by atoms with van der Waals surface area (Å²) < 4.78 is 0. The third kappa shape index (κ3) is 7.35. The van der Waals surface area contributed by atoms with Crippen LogP contribution in [0.2, 0.25) is 0 Å². The van der Waals surface area contributed by atoms with Crippen molar-refractivity contribution in [3.63, 3.8) is 0 Å². The number of carbonyl (C=O) groups is 1. The molecule has 4 N–H and O–H groups in total. The summed E-state index contributed by atoms with van der Waals surface area (Å²) in [6.45, 7) is 8.80. The minimum atomic E-state index is -0.294. The van der Waals surface area contributed by atoms with Crippen LogP contribution in [0.15, 0.2) is 79.3 Å². The van der Waals surface area contributed by atoms with Gasteiger partial charge >= 0.3 is 0 Å². The standard InChI is InChI=1S/C27H34N6O/c1-20-9-7-10-23(17-20)30-21(2)33(16-8-15-32(3)4)19-22-13-14-26(29-18-22)27(34)31-25-12-6-5-11-24(25)28/h5-7,9-14,17-18,30H,2,8,15-16,19,28H2,1,3-4H3,(H,31,34). The van der Waals surface area contributed by atoms with E-state index >= 15 is 0 Å². The van der Waals surface area contributed by atoms with Crippen molar-refractivity contribution in [2.75, 3.05) is 43.6 Å². The molecule has 3 aromatic rings. The van der Waals surface area contributed by atoms with Gasteiger partial charge in [-0.25, -0.2) is 0 Å². The number of rotatable bonds is 11. The number of nitrogens with zero attached hydrogens (tertiary/aromatic N) is 3. The van der Waals surface area contributed by atoms with Crippen LogP contribution in [0, 0.1) is 6.92 Å². The summed E-state index contributed by atoms with van der Waals surface area (Å²) in [5.74, 6) is 0.531. The molecule has 178 valence electrons. The van der Waals surface area contributed by atoms with Gasteiger partial charge < -0.3 is 26.2 Å². The molecule has 0 aliphatic rings. The highest BCUT2D eigenvalue weighted by Gasteiger charge is 2.13. The fraction of sp³-hybridized carbons (Fsp3) is 0.259. The maximum absolute atomic E-state index is 12.6. The maximum atomic E-state index is 12.6. The summed E-state index contributed by atoms with van der Waals surface area (Å²) in [4.78, 5) is 21.3. The molecule has 3 rings (SSSR count). The van der Waals surface area contributed by atoms with Crippen LogP contribution in [0.5, 0.6) is 0 Å². The molecule has 1 heterocycles. The molecule has 0 aliphatic carbocycles. The second-order valence-corrected chi connectivity index (χ2v) is 8.61. The van der Waals surface area contributed by atoms with E-state index in [-0.39, 0.29) is 5.91 Å². The lowest BCUT2D eigenvalue weighted by molar-refractivity contribution is 0.102. The molecule has 34 heavy (non-hydrogen) atoms. The normalized spacial score (nSPS) is 10.7. The minimum Gasteiger partial charge on any atom is -0.397 e. The summed E-state index contributed by atoms with van der Waals surface area (Å²) in [6, 6.07) is 19.0. The molecule has 2 aromatic carbocycles. The number of aryl methyl sites for hydroxylation is 1. The van der Waals surface area contributed by atoms with E-state index in [2.05, 4.69) is 65.1 Å². The molecule has 1 amide bonds. The Bertz CT molecular complexity index is 1110. The van der Waals surface area contributed by atoms with Gasteiger partial charge in [-0.2, -0.15) is 0 Å². The van der Waals surface area contributed by atoms with Crippen molar-refractivity contribution in [3.05, 3.63) is 96.1 Å². The molecule has 0 fully saturated rings.